The molecule has 3 aromatic carbocycles. The molecule has 3 aromatic rings. The molecule has 6 nitrogen and oxygen atoms in total. The lowest BCUT2D eigenvalue weighted by Crippen LogP contribution is -2.41. The largest absolute Gasteiger partial charge is 0.497 e. The van der Waals surface area contributed by atoms with Crippen LogP contribution >= 0.6 is 0 Å². The molecule has 35 heavy (non-hydrogen) atoms. The van der Waals surface area contributed by atoms with E-state index >= 15 is 0 Å². The molecule has 1 atom stereocenters. The maximum Gasteiger partial charge on any atom is 0.264 e. The molecule has 184 valence electrons. The van der Waals surface area contributed by atoms with Crippen LogP contribution in [0.5, 0.6) is 5.75 Å². The van der Waals surface area contributed by atoms with E-state index < -0.39 is 10.0 Å². The number of nitrogens with zero attached hydrogens (tertiary/aromatic N) is 1. The molecular weight excluding hydrogens is 460 g/mol. The SMILES string of the molecule is COc1ccc(S(=O)(=O)N(CC(=O)NC(C)c2ccc3c(c2)CCCC3)c2ccc(C)cc2)cc1. The van der Waals surface area contributed by atoms with Crippen LogP contribution in [-0.2, 0) is 27.7 Å². The first-order valence-corrected chi connectivity index (χ1v) is 13.4. The number of carbonyl (C=O) groups is 1. The molecule has 1 amide bonds. The first kappa shape index (κ1) is 24.8. The normalized spacial score (nSPS) is 14.0. The molecule has 1 aliphatic rings. The van der Waals surface area contributed by atoms with Gasteiger partial charge < -0.3 is 10.1 Å². The molecule has 0 aromatic heterocycles. The summed E-state index contributed by atoms with van der Waals surface area (Å²) in [6.07, 6.45) is 4.57. The topological polar surface area (TPSA) is 75.7 Å². The molecule has 0 heterocycles. The van der Waals surface area contributed by atoms with E-state index in [1.807, 2.05) is 26.0 Å². The van der Waals surface area contributed by atoms with E-state index in [0.717, 1.165) is 28.3 Å². The zero-order valence-electron chi connectivity index (χ0n) is 20.5. The minimum absolute atomic E-state index is 0.0920. The van der Waals surface area contributed by atoms with Gasteiger partial charge in [-0.05, 0) is 92.6 Å². The maximum atomic E-state index is 13.6. The molecule has 0 fully saturated rings. The fourth-order valence-corrected chi connectivity index (χ4v) is 5.85. The average Bonchev–Trinajstić information content (AvgIpc) is 2.87. The summed E-state index contributed by atoms with van der Waals surface area (Å²) in [4.78, 5) is 13.2. The van der Waals surface area contributed by atoms with E-state index in [9.17, 15) is 13.2 Å². The Morgan fingerprint density at radius 1 is 0.971 bits per heavy atom. The number of rotatable bonds is 8. The van der Waals surface area contributed by atoms with Crippen molar-refractivity contribution in [3.63, 3.8) is 0 Å². The minimum Gasteiger partial charge on any atom is -0.497 e. The van der Waals surface area contributed by atoms with Gasteiger partial charge in [0.15, 0.2) is 0 Å². The summed E-state index contributed by atoms with van der Waals surface area (Å²) in [6, 6.07) is 19.4. The highest BCUT2D eigenvalue weighted by Gasteiger charge is 2.28. The van der Waals surface area contributed by atoms with Crippen molar-refractivity contribution in [2.75, 3.05) is 18.0 Å². The van der Waals surface area contributed by atoms with Gasteiger partial charge in [0, 0.05) is 0 Å². The highest BCUT2D eigenvalue weighted by Crippen LogP contribution is 2.27. The smallest absolute Gasteiger partial charge is 0.264 e. The quantitative estimate of drug-likeness (QED) is 0.483. The molecule has 1 N–H and O–H groups in total. The van der Waals surface area contributed by atoms with Crippen LogP contribution in [0.15, 0.2) is 71.6 Å². The summed E-state index contributed by atoms with van der Waals surface area (Å²) >= 11 is 0. The number of ether oxygens (including phenoxy) is 1. The lowest BCUT2D eigenvalue weighted by molar-refractivity contribution is -0.120. The summed E-state index contributed by atoms with van der Waals surface area (Å²) in [5.41, 5.74) is 5.19. The number of anilines is 1. The van der Waals surface area contributed by atoms with Gasteiger partial charge >= 0.3 is 0 Å². The van der Waals surface area contributed by atoms with Crippen LogP contribution in [0, 0.1) is 6.92 Å². The molecule has 0 aliphatic heterocycles. The van der Waals surface area contributed by atoms with Crippen LogP contribution in [0.4, 0.5) is 5.69 Å². The number of carbonyl (C=O) groups excluding carboxylic acids is 1. The van der Waals surface area contributed by atoms with Crippen LogP contribution in [-0.4, -0.2) is 28.0 Å². The number of hydrogen-bond donors (Lipinski definition) is 1. The summed E-state index contributed by atoms with van der Waals surface area (Å²) in [6.45, 7) is 3.53. The van der Waals surface area contributed by atoms with Crippen molar-refractivity contribution in [2.24, 2.45) is 0 Å². The van der Waals surface area contributed by atoms with Gasteiger partial charge in [-0.1, -0.05) is 35.9 Å². The fourth-order valence-electron chi connectivity index (χ4n) is 4.42. The van der Waals surface area contributed by atoms with Crippen LogP contribution in [0.1, 0.15) is 48.1 Å². The van der Waals surface area contributed by atoms with E-state index in [1.54, 1.807) is 24.3 Å². The second-order valence-corrected chi connectivity index (χ2v) is 10.9. The number of amides is 1. The van der Waals surface area contributed by atoms with E-state index in [2.05, 4.69) is 23.5 Å². The number of aryl methyl sites for hydroxylation is 3. The molecule has 0 spiro atoms. The molecule has 1 unspecified atom stereocenters. The van der Waals surface area contributed by atoms with Crippen molar-refractivity contribution in [2.45, 2.75) is 50.5 Å². The van der Waals surface area contributed by atoms with E-state index in [-0.39, 0.29) is 23.4 Å². The predicted octanol–water partition coefficient (Wildman–Crippen LogP) is 4.96. The van der Waals surface area contributed by atoms with Gasteiger partial charge in [-0.25, -0.2) is 8.42 Å². The van der Waals surface area contributed by atoms with E-state index in [0.29, 0.717) is 11.4 Å². The third-order valence-electron chi connectivity index (χ3n) is 6.51. The molecular formula is C28H32N2O4S. The average molecular weight is 493 g/mol. The Morgan fingerprint density at radius 2 is 1.63 bits per heavy atom. The number of fused-ring (bicyclic) bond motifs is 1. The summed E-state index contributed by atoms with van der Waals surface area (Å²) in [5.74, 6) is 0.190. The van der Waals surface area contributed by atoms with E-state index in [4.69, 9.17) is 4.74 Å². The van der Waals surface area contributed by atoms with Crippen molar-refractivity contribution < 1.29 is 17.9 Å². The Kier molecular flexibility index (Phi) is 7.45. The zero-order valence-corrected chi connectivity index (χ0v) is 21.3. The third-order valence-corrected chi connectivity index (χ3v) is 8.29. The second-order valence-electron chi connectivity index (χ2n) is 9.05. The van der Waals surface area contributed by atoms with Crippen LogP contribution < -0.4 is 14.4 Å². The predicted molar refractivity (Wildman–Crippen MR) is 138 cm³/mol. The van der Waals surface area contributed by atoms with Crippen LogP contribution in [0.2, 0.25) is 0 Å². The Balaban J connectivity index is 1.56. The number of hydrogen-bond acceptors (Lipinski definition) is 4. The monoisotopic (exact) mass is 492 g/mol. The Bertz CT molecular complexity index is 1290. The molecule has 4 rings (SSSR count). The van der Waals surface area contributed by atoms with Crippen LogP contribution in [0.3, 0.4) is 0 Å². The Hall–Kier alpha value is -3.32. The van der Waals surface area contributed by atoms with Gasteiger partial charge in [-0.3, -0.25) is 9.10 Å². The van der Waals surface area contributed by atoms with E-state index in [1.165, 1.54) is 43.2 Å². The number of benzene rings is 3. The first-order valence-electron chi connectivity index (χ1n) is 11.9. The second kappa shape index (κ2) is 10.5. The van der Waals surface area contributed by atoms with Crippen molar-refractivity contribution >= 4 is 21.6 Å². The minimum atomic E-state index is -3.98. The van der Waals surface area contributed by atoms with Crippen molar-refractivity contribution in [3.05, 3.63) is 89.0 Å². The van der Waals surface area contributed by atoms with Crippen LogP contribution in [0.25, 0.3) is 0 Å². The van der Waals surface area contributed by atoms with Gasteiger partial charge in [-0.15, -0.1) is 0 Å². The summed E-state index contributed by atoms with van der Waals surface area (Å²) in [5, 5.41) is 2.99. The van der Waals surface area contributed by atoms with Gasteiger partial charge in [0.25, 0.3) is 10.0 Å². The van der Waals surface area contributed by atoms with Crippen molar-refractivity contribution in [1.82, 2.24) is 5.32 Å². The maximum absolute atomic E-state index is 13.6. The zero-order chi connectivity index (χ0) is 25.0. The lowest BCUT2D eigenvalue weighted by Gasteiger charge is -2.25. The third kappa shape index (κ3) is 5.68. The van der Waals surface area contributed by atoms with Crippen molar-refractivity contribution in [1.29, 1.82) is 0 Å². The Labute approximate surface area is 208 Å². The molecule has 0 saturated carbocycles. The van der Waals surface area contributed by atoms with Gasteiger partial charge in [0.05, 0.1) is 23.7 Å². The Morgan fingerprint density at radius 3 is 2.29 bits per heavy atom. The highest BCUT2D eigenvalue weighted by atomic mass is 32.2. The lowest BCUT2D eigenvalue weighted by atomic mass is 9.89. The standard InChI is InChI=1S/C28H32N2O4S/c1-20-8-12-25(13-9-20)30(35(32,33)27-16-14-26(34-3)15-17-27)19-28(31)29-21(2)23-11-10-22-6-4-5-7-24(22)18-23/h8-18,21H,4-7,19H2,1-3H3,(H,29,31). The van der Waals surface area contributed by atoms with Gasteiger partial charge in [0.1, 0.15) is 12.3 Å². The first-order chi connectivity index (χ1) is 16.8. The molecule has 0 saturated heterocycles. The molecule has 1 aliphatic carbocycles. The fraction of sp³-hybridized carbons (Fsp3) is 0.321. The number of methoxy groups -OCH3 is 1. The number of sulfonamides is 1. The molecule has 0 radical (unpaired) electrons. The van der Waals surface area contributed by atoms with Gasteiger partial charge in [-0.2, -0.15) is 0 Å². The summed E-state index contributed by atoms with van der Waals surface area (Å²) in [7, 11) is -2.46. The number of nitrogens with one attached hydrogen (secondary N) is 1. The molecule has 7 heteroatoms. The highest BCUT2D eigenvalue weighted by molar-refractivity contribution is 7.92. The molecule has 0 bridgehead atoms. The van der Waals surface area contributed by atoms with Crippen molar-refractivity contribution in [3.8, 4) is 5.75 Å². The summed E-state index contributed by atoms with van der Waals surface area (Å²) < 4.78 is 33.5. The van der Waals surface area contributed by atoms with Gasteiger partial charge in [0.2, 0.25) is 5.91 Å².